The van der Waals surface area contributed by atoms with Gasteiger partial charge in [-0.3, -0.25) is 4.79 Å². The van der Waals surface area contributed by atoms with Crippen LogP contribution in [0.15, 0.2) is 35.3 Å². The van der Waals surface area contributed by atoms with Crippen LogP contribution in [0.3, 0.4) is 0 Å². The molecule has 0 aliphatic heterocycles. The molecule has 0 spiro atoms. The van der Waals surface area contributed by atoms with Gasteiger partial charge in [0.05, 0.1) is 0 Å². The van der Waals surface area contributed by atoms with Gasteiger partial charge in [0.25, 0.3) is 5.91 Å². The van der Waals surface area contributed by atoms with E-state index < -0.39 is 0 Å². The van der Waals surface area contributed by atoms with Crippen LogP contribution < -0.4 is 15.4 Å². The molecule has 0 fully saturated rings. The quantitative estimate of drug-likeness (QED) is 0.536. The molecular formula is C15H21BrN2O2. The smallest absolute Gasteiger partial charge is 0.258 e. The molecule has 1 rings (SSSR count). The van der Waals surface area contributed by atoms with E-state index in [-0.39, 0.29) is 12.5 Å². The van der Waals surface area contributed by atoms with E-state index in [2.05, 4.69) is 40.1 Å². The number of ether oxygens (including phenoxy) is 1. The van der Waals surface area contributed by atoms with Crippen molar-refractivity contribution in [3.63, 3.8) is 0 Å². The van der Waals surface area contributed by atoms with E-state index in [0.29, 0.717) is 6.54 Å². The number of rotatable bonds is 9. The zero-order valence-electron chi connectivity index (χ0n) is 11.7. The fourth-order valence-corrected chi connectivity index (χ4v) is 2.02. The van der Waals surface area contributed by atoms with Crippen molar-refractivity contribution in [2.75, 3.05) is 19.7 Å². The zero-order chi connectivity index (χ0) is 14.8. The van der Waals surface area contributed by atoms with E-state index in [1.165, 1.54) is 0 Å². The maximum absolute atomic E-state index is 11.5. The molecule has 0 heterocycles. The van der Waals surface area contributed by atoms with E-state index >= 15 is 0 Å². The Balaban J connectivity index is 2.58. The van der Waals surface area contributed by atoms with E-state index in [4.69, 9.17) is 4.74 Å². The Morgan fingerprint density at radius 1 is 1.50 bits per heavy atom. The highest BCUT2D eigenvalue weighted by Gasteiger charge is 2.07. The molecule has 0 radical (unpaired) electrons. The van der Waals surface area contributed by atoms with Crippen LogP contribution in [0.1, 0.15) is 18.9 Å². The minimum atomic E-state index is -0.153. The lowest BCUT2D eigenvalue weighted by Gasteiger charge is -2.12. The summed E-state index contributed by atoms with van der Waals surface area (Å²) >= 11 is 3.45. The minimum Gasteiger partial charge on any atom is -0.483 e. The Labute approximate surface area is 128 Å². The van der Waals surface area contributed by atoms with Crippen molar-refractivity contribution in [1.29, 1.82) is 0 Å². The first-order valence-electron chi connectivity index (χ1n) is 6.67. The Morgan fingerprint density at radius 2 is 2.30 bits per heavy atom. The normalized spacial score (nSPS) is 10.1. The van der Waals surface area contributed by atoms with Gasteiger partial charge in [-0.25, -0.2) is 0 Å². The molecule has 0 aliphatic rings. The molecule has 1 aromatic carbocycles. The highest BCUT2D eigenvalue weighted by atomic mass is 79.9. The topological polar surface area (TPSA) is 50.4 Å². The molecule has 4 nitrogen and oxygen atoms in total. The first kappa shape index (κ1) is 16.7. The second kappa shape index (κ2) is 9.55. The summed E-state index contributed by atoms with van der Waals surface area (Å²) in [5.41, 5.74) is 1.03. The molecule has 0 atom stereocenters. The second-order valence-electron chi connectivity index (χ2n) is 4.31. The van der Waals surface area contributed by atoms with Gasteiger partial charge in [0.2, 0.25) is 0 Å². The van der Waals surface area contributed by atoms with Crippen LogP contribution in [0.4, 0.5) is 0 Å². The van der Waals surface area contributed by atoms with Gasteiger partial charge in [0.15, 0.2) is 6.61 Å². The third kappa shape index (κ3) is 6.21. The molecule has 0 bridgehead atoms. The minimum absolute atomic E-state index is 0.0102. The van der Waals surface area contributed by atoms with Crippen molar-refractivity contribution in [1.82, 2.24) is 10.6 Å². The van der Waals surface area contributed by atoms with Crippen LogP contribution in [0.5, 0.6) is 5.75 Å². The molecule has 0 aromatic heterocycles. The Hall–Kier alpha value is -1.33. The van der Waals surface area contributed by atoms with Gasteiger partial charge in [-0.05, 0) is 31.2 Å². The SMILES string of the molecule is C=CCNC(=O)COc1ccc(Br)cc1CNCCC. The first-order valence-corrected chi connectivity index (χ1v) is 7.46. The lowest BCUT2D eigenvalue weighted by atomic mass is 10.2. The molecule has 110 valence electrons. The van der Waals surface area contributed by atoms with Crippen molar-refractivity contribution < 1.29 is 9.53 Å². The van der Waals surface area contributed by atoms with Crippen LogP contribution >= 0.6 is 15.9 Å². The Kier molecular flexibility index (Phi) is 7.99. The maximum Gasteiger partial charge on any atom is 0.258 e. The molecule has 0 saturated carbocycles. The molecule has 0 unspecified atom stereocenters. The van der Waals surface area contributed by atoms with Gasteiger partial charge in [0.1, 0.15) is 5.75 Å². The molecule has 1 amide bonds. The van der Waals surface area contributed by atoms with Gasteiger partial charge in [-0.2, -0.15) is 0 Å². The molecule has 20 heavy (non-hydrogen) atoms. The molecule has 1 aromatic rings. The van der Waals surface area contributed by atoms with Crippen LogP contribution in [0.2, 0.25) is 0 Å². The number of benzene rings is 1. The lowest BCUT2D eigenvalue weighted by molar-refractivity contribution is -0.122. The van der Waals surface area contributed by atoms with E-state index in [9.17, 15) is 4.79 Å². The zero-order valence-corrected chi connectivity index (χ0v) is 13.3. The summed E-state index contributed by atoms with van der Waals surface area (Å²) < 4.78 is 6.57. The van der Waals surface area contributed by atoms with Gasteiger partial charge in [-0.1, -0.05) is 28.9 Å². The third-order valence-electron chi connectivity index (χ3n) is 2.57. The summed E-state index contributed by atoms with van der Waals surface area (Å²) in [6.07, 6.45) is 2.71. The Bertz CT molecular complexity index is 449. The maximum atomic E-state index is 11.5. The predicted octanol–water partition coefficient (Wildman–Crippen LogP) is 2.63. The molecule has 2 N–H and O–H groups in total. The number of amides is 1. The number of hydrogen-bond donors (Lipinski definition) is 2. The highest BCUT2D eigenvalue weighted by molar-refractivity contribution is 9.10. The number of carbonyl (C=O) groups excluding carboxylic acids is 1. The first-order chi connectivity index (χ1) is 9.67. The summed E-state index contributed by atoms with van der Waals surface area (Å²) in [7, 11) is 0. The summed E-state index contributed by atoms with van der Waals surface area (Å²) in [4.78, 5) is 11.5. The highest BCUT2D eigenvalue weighted by Crippen LogP contribution is 2.23. The van der Waals surface area contributed by atoms with Crippen molar-refractivity contribution in [3.8, 4) is 5.75 Å². The number of nitrogens with one attached hydrogen (secondary N) is 2. The molecular weight excluding hydrogens is 320 g/mol. The van der Waals surface area contributed by atoms with Crippen LogP contribution in [-0.2, 0) is 11.3 Å². The van der Waals surface area contributed by atoms with Crippen molar-refractivity contribution in [3.05, 3.63) is 40.9 Å². The van der Waals surface area contributed by atoms with Gasteiger partial charge < -0.3 is 15.4 Å². The van der Waals surface area contributed by atoms with Crippen LogP contribution in [-0.4, -0.2) is 25.6 Å². The van der Waals surface area contributed by atoms with Crippen molar-refractivity contribution in [2.24, 2.45) is 0 Å². The van der Waals surface area contributed by atoms with Crippen LogP contribution in [0, 0.1) is 0 Å². The monoisotopic (exact) mass is 340 g/mol. The number of halogens is 1. The molecule has 0 saturated heterocycles. The van der Waals surface area contributed by atoms with Crippen molar-refractivity contribution >= 4 is 21.8 Å². The van der Waals surface area contributed by atoms with Gasteiger partial charge in [0, 0.05) is 23.1 Å². The third-order valence-corrected chi connectivity index (χ3v) is 3.06. The molecule has 0 aliphatic carbocycles. The Morgan fingerprint density at radius 3 is 3.00 bits per heavy atom. The van der Waals surface area contributed by atoms with Gasteiger partial charge in [-0.15, -0.1) is 6.58 Å². The summed E-state index contributed by atoms with van der Waals surface area (Å²) in [6.45, 7) is 7.80. The van der Waals surface area contributed by atoms with E-state index in [1.54, 1.807) is 6.08 Å². The summed E-state index contributed by atoms with van der Waals surface area (Å²) in [5, 5.41) is 6.01. The average Bonchev–Trinajstić information content (AvgIpc) is 2.44. The fraction of sp³-hybridized carbons (Fsp3) is 0.400. The van der Waals surface area contributed by atoms with E-state index in [1.807, 2.05) is 18.2 Å². The second-order valence-corrected chi connectivity index (χ2v) is 5.23. The summed E-state index contributed by atoms with van der Waals surface area (Å²) in [5.74, 6) is 0.575. The number of hydrogen-bond acceptors (Lipinski definition) is 3. The lowest BCUT2D eigenvalue weighted by Crippen LogP contribution is -2.29. The van der Waals surface area contributed by atoms with E-state index in [0.717, 1.165) is 35.3 Å². The fourth-order valence-electron chi connectivity index (χ4n) is 1.61. The number of carbonyl (C=O) groups is 1. The average molecular weight is 341 g/mol. The summed E-state index contributed by atoms with van der Waals surface area (Å²) in [6, 6.07) is 5.77. The van der Waals surface area contributed by atoms with Crippen molar-refractivity contribution in [2.45, 2.75) is 19.9 Å². The largest absolute Gasteiger partial charge is 0.483 e. The molecule has 5 heteroatoms. The van der Waals surface area contributed by atoms with Crippen LogP contribution in [0.25, 0.3) is 0 Å². The predicted molar refractivity (Wildman–Crippen MR) is 84.8 cm³/mol. The van der Waals surface area contributed by atoms with Gasteiger partial charge >= 0.3 is 0 Å². The standard InChI is InChI=1S/C15H21BrN2O2/c1-3-7-17-10-12-9-13(16)5-6-14(12)20-11-15(19)18-8-4-2/h4-6,9,17H,2-3,7-8,10-11H2,1H3,(H,18,19).